The number of carbonyl (C=O) groups is 1. The van der Waals surface area contributed by atoms with Gasteiger partial charge in [0.25, 0.3) is 0 Å². The second-order valence-corrected chi connectivity index (χ2v) is 6.99. The van der Waals surface area contributed by atoms with E-state index in [0.717, 1.165) is 0 Å². The molecule has 7 nitrogen and oxygen atoms in total. The van der Waals surface area contributed by atoms with Gasteiger partial charge in [-0.2, -0.15) is 15.8 Å². The van der Waals surface area contributed by atoms with Crippen molar-refractivity contribution in [3.63, 3.8) is 0 Å². The van der Waals surface area contributed by atoms with Gasteiger partial charge in [-0.25, -0.2) is 0 Å². The Labute approximate surface area is 151 Å². The second kappa shape index (κ2) is 5.46. The van der Waals surface area contributed by atoms with Crippen molar-refractivity contribution in [1.29, 1.82) is 15.8 Å². The van der Waals surface area contributed by atoms with Crippen LogP contribution in [-0.2, 0) is 4.79 Å². The lowest BCUT2D eigenvalue weighted by Gasteiger charge is -2.51. The first kappa shape index (κ1) is 17.7. The van der Waals surface area contributed by atoms with Gasteiger partial charge in [-0.15, -0.1) is 0 Å². The molecule has 132 valence electrons. The minimum absolute atomic E-state index is 0.586. The quantitative estimate of drug-likeness (QED) is 0.830. The molecule has 5 atom stereocenters. The molecule has 1 heterocycles. The number of amides is 1. The molecule has 2 aliphatic rings. The summed E-state index contributed by atoms with van der Waals surface area (Å²) < 4.78 is 5.14. The molecule has 1 aromatic rings. The fraction of sp³-hybridized carbons (Fsp3) is 0.474. The summed E-state index contributed by atoms with van der Waals surface area (Å²) in [6, 6.07) is 12.6. The number of nitrogens with zero attached hydrogens (tertiary/aromatic N) is 3. The van der Waals surface area contributed by atoms with Crippen LogP contribution in [0.25, 0.3) is 0 Å². The van der Waals surface area contributed by atoms with Crippen LogP contribution in [-0.4, -0.2) is 23.8 Å². The van der Waals surface area contributed by atoms with Gasteiger partial charge in [0.1, 0.15) is 11.5 Å². The highest BCUT2D eigenvalue weighted by atomic mass is 16.5. The first-order chi connectivity index (χ1) is 12.3. The summed E-state index contributed by atoms with van der Waals surface area (Å²) in [4.78, 5) is 12.8. The lowest BCUT2D eigenvalue weighted by molar-refractivity contribution is -0.135. The van der Waals surface area contributed by atoms with E-state index >= 15 is 0 Å². The van der Waals surface area contributed by atoms with Crippen molar-refractivity contribution < 1.29 is 14.6 Å². The smallest absolute Gasteiger partial charge is 0.245 e. The van der Waals surface area contributed by atoms with Crippen molar-refractivity contribution in [2.45, 2.75) is 25.5 Å². The van der Waals surface area contributed by atoms with E-state index in [1.165, 1.54) is 14.0 Å². The minimum Gasteiger partial charge on any atom is -0.497 e. The maximum absolute atomic E-state index is 12.8. The number of fused-ring (bicyclic) bond motifs is 2. The van der Waals surface area contributed by atoms with Crippen LogP contribution in [0.3, 0.4) is 0 Å². The number of carbonyl (C=O) groups excluding carboxylic acids is 1. The summed E-state index contributed by atoms with van der Waals surface area (Å²) in [5.41, 5.74) is -5.01. The van der Waals surface area contributed by atoms with Crippen LogP contribution in [0.5, 0.6) is 5.75 Å². The number of aliphatic hydroxyl groups is 1. The summed E-state index contributed by atoms with van der Waals surface area (Å²) in [6.45, 7) is 3.22. The normalized spacial score (nSPS) is 37.0. The Hall–Kier alpha value is -3.08. The summed E-state index contributed by atoms with van der Waals surface area (Å²) in [5, 5.41) is 43.6. The van der Waals surface area contributed by atoms with E-state index in [2.05, 4.69) is 5.32 Å². The number of hydrogen-bond donors (Lipinski definition) is 2. The fourth-order valence-corrected chi connectivity index (χ4v) is 4.74. The second-order valence-electron chi connectivity index (χ2n) is 6.99. The Bertz CT molecular complexity index is 877. The van der Waals surface area contributed by atoms with Gasteiger partial charge < -0.3 is 15.2 Å². The first-order valence-corrected chi connectivity index (χ1v) is 8.21. The Morgan fingerprint density at radius 3 is 2.15 bits per heavy atom. The molecule has 26 heavy (non-hydrogen) atoms. The predicted octanol–water partition coefficient (Wildman–Crippen LogP) is 1.43. The molecule has 1 amide bonds. The predicted molar refractivity (Wildman–Crippen MR) is 88.9 cm³/mol. The van der Waals surface area contributed by atoms with E-state index in [4.69, 9.17) is 4.74 Å². The molecule has 0 radical (unpaired) electrons. The largest absolute Gasteiger partial charge is 0.497 e. The SMILES string of the molecule is COc1ccc(C2C(C)C3(O)NC(=O)C(C#N)(C3C)C2(C#N)C#N)cc1. The number of hydrogen-bond acceptors (Lipinski definition) is 6. The molecule has 0 spiro atoms. The lowest BCUT2D eigenvalue weighted by atomic mass is 9.45. The summed E-state index contributed by atoms with van der Waals surface area (Å²) in [7, 11) is 1.52. The Balaban J connectivity index is 2.33. The summed E-state index contributed by atoms with van der Waals surface area (Å²) >= 11 is 0. The molecule has 7 heteroatoms. The van der Waals surface area contributed by atoms with E-state index in [9.17, 15) is 25.7 Å². The van der Waals surface area contributed by atoms with Crippen LogP contribution in [0.2, 0.25) is 0 Å². The monoisotopic (exact) mass is 350 g/mol. The Morgan fingerprint density at radius 1 is 1.12 bits per heavy atom. The molecule has 2 bridgehead atoms. The highest BCUT2D eigenvalue weighted by molar-refractivity contribution is 5.92. The minimum atomic E-state index is -1.97. The molecule has 5 unspecified atom stereocenters. The first-order valence-electron chi connectivity index (χ1n) is 8.21. The summed E-state index contributed by atoms with van der Waals surface area (Å²) in [5.74, 6) is -2.62. The highest BCUT2D eigenvalue weighted by Gasteiger charge is 2.79. The van der Waals surface area contributed by atoms with Gasteiger partial charge in [0.2, 0.25) is 5.91 Å². The average molecular weight is 350 g/mol. The molecule has 1 saturated heterocycles. The van der Waals surface area contributed by atoms with Gasteiger partial charge in [0.05, 0.1) is 25.3 Å². The van der Waals surface area contributed by atoms with Crippen LogP contribution in [0.4, 0.5) is 0 Å². The Kier molecular flexibility index (Phi) is 3.72. The molecule has 0 aromatic heterocycles. The van der Waals surface area contributed by atoms with Crippen molar-refractivity contribution in [3.05, 3.63) is 29.8 Å². The van der Waals surface area contributed by atoms with Crippen LogP contribution in [0, 0.1) is 56.7 Å². The molecule has 2 fully saturated rings. The summed E-state index contributed by atoms with van der Waals surface area (Å²) in [6.07, 6.45) is 0. The maximum atomic E-state index is 12.8. The molecule has 1 saturated carbocycles. The number of rotatable bonds is 2. The van der Waals surface area contributed by atoms with Gasteiger partial charge in [-0.3, -0.25) is 4.79 Å². The van der Waals surface area contributed by atoms with E-state index in [0.29, 0.717) is 11.3 Å². The van der Waals surface area contributed by atoms with Crippen LogP contribution in [0.15, 0.2) is 24.3 Å². The maximum Gasteiger partial charge on any atom is 0.245 e. The van der Waals surface area contributed by atoms with Crippen LogP contribution >= 0.6 is 0 Å². The highest BCUT2D eigenvalue weighted by Crippen LogP contribution is 2.66. The molecule has 1 aliphatic carbocycles. The van der Waals surface area contributed by atoms with Crippen molar-refractivity contribution in [3.8, 4) is 24.0 Å². The zero-order valence-electron chi connectivity index (χ0n) is 14.6. The van der Waals surface area contributed by atoms with E-state index in [-0.39, 0.29) is 0 Å². The van der Waals surface area contributed by atoms with E-state index in [1.807, 2.05) is 18.2 Å². The van der Waals surface area contributed by atoms with Crippen molar-refractivity contribution in [2.75, 3.05) is 7.11 Å². The molecule has 1 aliphatic heterocycles. The lowest BCUT2D eigenvalue weighted by Crippen LogP contribution is -2.62. The number of methoxy groups -OCH3 is 1. The zero-order chi connectivity index (χ0) is 19.3. The van der Waals surface area contributed by atoms with Gasteiger partial charge >= 0.3 is 0 Å². The fourth-order valence-electron chi connectivity index (χ4n) is 4.74. The Morgan fingerprint density at radius 2 is 1.69 bits per heavy atom. The van der Waals surface area contributed by atoms with E-state index in [1.54, 1.807) is 31.2 Å². The molecular formula is C19H18N4O3. The molecular weight excluding hydrogens is 332 g/mol. The van der Waals surface area contributed by atoms with Gasteiger partial charge in [-0.1, -0.05) is 26.0 Å². The third-order valence-electron chi connectivity index (χ3n) is 6.27. The van der Waals surface area contributed by atoms with Gasteiger partial charge in [0, 0.05) is 17.8 Å². The standard InChI is InChI=1S/C19H18N4O3/c1-11-15(13-4-6-14(26-3)7-5-13)17(8-20,9-21)18(10-22)12(2)19(11,25)23-16(18)24/h4-7,11-12,15,25H,1-3H3,(H,23,24). The third kappa shape index (κ3) is 1.70. The van der Waals surface area contributed by atoms with Crippen LogP contribution < -0.4 is 10.1 Å². The molecule has 2 N–H and O–H groups in total. The van der Waals surface area contributed by atoms with Crippen molar-refractivity contribution in [1.82, 2.24) is 5.32 Å². The zero-order valence-corrected chi connectivity index (χ0v) is 14.6. The topological polar surface area (TPSA) is 130 Å². The van der Waals surface area contributed by atoms with Gasteiger partial charge in [0.15, 0.2) is 10.8 Å². The number of nitrogens with one attached hydrogen (secondary N) is 1. The van der Waals surface area contributed by atoms with Crippen LogP contribution in [0.1, 0.15) is 25.3 Å². The number of nitriles is 3. The van der Waals surface area contributed by atoms with Crippen molar-refractivity contribution >= 4 is 5.91 Å². The van der Waals surface area contributed by atoms with Gasteiger partial charge in [-0.05, 0) is 17.7 Å². The van der Waals surface area contributed by atoms with Crippen molar-refractivity contribution in [2.24, 2.45) is 22.7 Å². The number of benzene rings is 1. The number of ether oxygens (including phenoxy) is 1. The molecule has 3 rings (SSSR count). The van der Waals surface area contributed by atoms with E-state index < -0.39 is 40.2 Å². The molecule has 1 aromatic carbocycles. The third-order valence-corrected chi connectivity index (χ3v) is 6.27. The average Bonchev–Trinajstić information content (AvgIpc) is 2.83.